The second-order valence-electron chi connectivity index (χ2n) is 2.15. The van der Waals surface area contributed by atoms with Gasteiger partial charge in [0.25, 0.3) is 0 Å². The number of aliphatic hydroxyl groups excluding tert-OH is 1. The van der Waals surface area contributed by atoms with Crippen molar-refractivity contribution in [1.82, 2.24) is 0 Å². The van der Waals surface area contributed by atoms with Gasteiger partial charge >= 0.3 is 0 Å². The molecule has 0 aliphatic heterocycles. The van der Waals surface area contributed by atoms with Gasteiger partial charge in [0.1, 0.15) is 0 Å². The van der Waals surface area contributed by atoms with Crippen LogP contribution >= 0.6 is 11.8 Å². The van der Waals surface area contributed by atoms with Crippen molar-refractivity contribution in [2.24, 2.45) is 11.7 Å². The molecule has 0 aliphatic rings. The Morgan fingerprint density at radius 3 is 2.29 bits per heavy atom. The topological polar surface area (TPSA) is 118 Å². The molecule has 5 nitrogen and oxygen atoms in total. The Balaban J connectivity index is 4.80. The Morgan fingerprint density at radius 1 is 1.36 bits per heavy atom. The monoisotopic (exact) mass is 208 g/mol. The lowest BCUT2D eigenvalue weighted by Gasteiger charge is -2.03. The minimum atomic E-state index is -1.13. The average molecular weight is 208 g/mol. The summed E-state index contributed by atoms with van der Waals surface area (Å²) in [6.45, 7) is -0.0755. The number of rotatable bonds is 4. The first kappa shape index (κ1) is 12.3. The van der Waals surface area contributed by atoms with Gasteiger partial charge in [-0.2, -0.15) is 15.8 Å². The third-order valence-corrected chi connectivity index (χ3v) is 2.20. The zero-order valence-corrected chi connectivity index (χ0v) is 8.08. The van der Waals surface area contributed by atoms with E-state index in [1.807, 2.05) is 0 Å². The molecule has 0 rings (SSSR count). The van der Waals surface area contributed by atoms with Crippen molar-refractivity contribution < 1.29 is 5.11 Å². The normalized spacial score (nSPS) is 11.1. The van der Waals surface area contributed by atoms with Gasteiger partial charge in [-0.3, -0.25) is 0 Å². The van der Waals surface area contributed by atoms with E-state index in [1.54, 1.807) is 18.2 Å². The fourth-order valence-corrected chi connectivity index (χ4v) is 1.28. The largest absolute Gasteiger partial charge is 0.396 e. The number of aliphatic hydroxyl groups is 1. The summed E-state index contributed by atoms with van der Waals surface area (Å²) in [5, 5.41) is 34.4. The van der Waals surface area contributed by atoms with Crippen molar-refractivity contribution in [3.05, 3.63) is 10.6 Å². The summed E-state index contributed by atoms with van der Waals surface area (Å²) in [5.74, 6) is -0.799. The second-order valence-corrected chi connectivity index (χ2v) is 3.29. The van der Waals surface area contributed by atoms with E-state index in [0.717, 1.165) is 11.8 Å². The molecule has 0 aromatic heterocycles. The molecule has 0 amide bonds. The van der Waals surface area contributed by atoms with Gasteiger partial charge in [-0.15, -0.1) is 11.8 Å². The van der Waals surface area contributed by atoms with Crippen LogP contribution in [0.3, 0.4) is 0 Å². The quantitative estimate of drug-likeness (QED) is 0.631. The lowest BCUT2D eigenvalue weighted by Crippen LogP contribution is -2.06. The molecular formula is C8H8N4OS. The molecule has 3 N–H and O–H groups in total. The van der Waals surface area contributed by atoms with Crippen LogP contribution in [0.25, 0.3) is 0 Å². The van der Waals surface area contributed by atoms with E-state index < -0.39 is 5.92 Å². The minimum Gasteiger partial charge on any atom is -0.396 e. The molecule has 6 heteroatoms. The third-order valence-electron chi connectivity index (χ3n) is 1.28. The summed E-state index contributed by atoms with van der Waals surface area (Å²) in [4.78, 5) is 0. The summed E-state index contributed by atoms with van der Waals surface area (Å²) < 4.78 is 0. The van der Waals surface area contributed by atoms with E-state index in [4.69, 9.17) is 26.6 Å². The van der Waals surface area contributed by atoms with E-state index in [0.29, 0.717) is 5.75 Å². The highest BCUT2D eigenvalue weighted by molar-refractivity contribution is 8.03. The molecule has 0 fully saturated rings. The van der Waals surface area contributed by atoms with Crippen molar-refractivity contribution in [1.29, 1.82) is 15.8 Å². The second kappa shape index (κ2) is 6.80. The van der Waals surface area contributed by atoms with Gasteiger partial charge in [0, 0.05) is 5.75 Å². The van der Waals surface area contributed by atoms with Crippen molar-refractivity contribution in [2.45, 2.75) is 0 Å². The van der Waals surface area contributed by atoms with Crippen molar-refractivity contribution in [3.63, 3.8) is 0 Å². The van der Waals surface area contributed by atoms with E-state index in [9.17, 15) is 0 Å². The van der Waals surface area contributed by atoms with Crippen LogP contribution in [0, 0.1) is 39.9 Å². The third kappa shape index (κ3) is 3.37. The summed E-state index contributed by atoms with van der Waals surface area (Å²) in [6, 6.07) is 5.05. The van der Waals surface area contributed by atoms with Crippen LogP contribution in [0.5, 0.6) is 0 Å². The number of nitrogens with zero attached hydrogens (tertiary/aromatic N) is 3. The van der Waals surface area contributed by atoms with Crippen LogP contribution in [0.2, 0.25) is 0 Å². The molecule has 0 atom stereocenters. The van der Waals surface area contributed by atoms with Crippen LogP contribution in [0.4, 0.5) is 0 Å². The highest BCUT2D eigenvalue weighted by Crippen LogP contribution is 2.19. The van der Waals surface area contributed by atoms with E-state index >= 15 is 0 Å². The SMILES string of the molecule is N#C/C(=C(/N)SCCO)C(C#N)C#N. The van der Waals surface area contributed by atoms with Gasteiger partial charge in [-0.25, -0.2) is 0 Å². The summed E-state index contributed by atoms with van der Waals surface area (Å²) in [6.07, 6.45) is 0. The van der Waals surface area contributed by atoms with E-state index in [-0.39, 0.29) is 17.2 Å². The van der Waals surface area contributed by atoms with Crippen LogP contribution in [-0.2, 0) is 0 Å². The molecule has 0 aromatic carbocycles. The molecule has 0 spiro atoms. The van der Waals surface area contributed by atoms with Gasteiger partial charge in [-0.1, -0.05) is 0 Å². The smallest absolute Gasteiger partial charge is 0.170 e. The summed E-state index contributed by atoms with van der Waals surface area (Å²) in [5.41, 5.74) is 5.43. The van der Waals surface area contributed by atoms with E-state index in [1.165, 1.54) is 0 Å². The molecule has 0 bridgehead atoms. The number of hydrogen-bond acceptors (Lipinski definition) is 6. The predicted molar refractivity (Wildman–Crippen MR) is 51.1 cm³/mol. The van der Waals surface area contributed by atoms with Gasteiger partial charge in [0.2, 0.25) is 0 Å². The molecule has 72 valence electrons. The molecule has 0 saturated carbocycles. The van der Waals surface area contributed by atoms with Gasteiger partial charge in [0.15, 0.2) is 5.92 Å². The summed E-state index contributed by atoms with van der Waals surface area (Å²) >= 11 is 1.05. The Kier molecular flexibility index (Phi) is 5.98. The van der Waals surface area contributed by atoms with Crippen LogP contribution < -0.4 is 5.73 Å². The molecule has 0 saturated heterocycles. The zero-order chi connectivity index (χ0) is 11.0. The molecule has 0 unspecified atom stereocenters. The molecule has 14 heavy (non-hydrogen) atoms. The van der Waals surface area contributed by atoms with Gasteiger partial charge in [0.05, 0.1) is 35.4 Å². The Hall–Kier alpha value is -1.68. The van der Waals surface area contributed by atoms with Crippen molar-refractivity contribution in [3.8, 4) is 18.2 Å². The first-order valence-electron chi connectivity index (χ1n) is 3.63. The molecule has 0 aromatic rings. The maximum atomic E-state index is 8.66. The molecule has 0 radical (unpaired) electrons. The predicted octanol–water partition coefficient (Wildman–Crippen LogP) is 0.0691. The number of hydrogen-bond donors (Lipinski definition) is 2. The average Bonchev–Trinajstić information content (AvgIpc) is 2.22. The fourth-order valence-electron chi connectivity index (χ4n) is 0.653. The highest BCUT2D eigenvalue weighted by Gasteiger charge is 2.16. The Bertz CT molecular complexity index is 330. The lowest BCUT2D eigenvalue weighted by atomic mass is 10.1. The first-order valence-corrected chi connectivity index (χ1v) is 4.62. The van der Waals surface area contributed by atoms with Crippen molar-refractivity contribution in [2.75, 3.05) is 12.4 Å². The van der Waals surface area contributed by atoms with Crippen LogP contribution in [0.1, 0.15) is 0 Å². The molecule has 0 aliphatic carbocycles. The maximum Gasteiger partial charge on any atom is 0.170 e. The summed E-state index contributed by atoms with van der Waals surface area (Å²) in [7, 11) is 0. The first-order chi connectivity index (χ1) is 6.71. The maximum absolute atomic E-state index is 8.66. The van der Waals surface area contributed by atoms with Crippen molar-refractivity contribution >= 4 is 11.8 Å². The van der Waals surface area contributed by atoms with Crippen LogP contribution in [0.15, 0.2) is 10.6 Å². The Morgan fingerprint density at radius 2 is 1.93 bits per heavy atom. The van der Waals surface area contributed by atoms with Gasteiger partial charge in [-0.05, 0) is 0 Å². The number of nitrogens with two attached hydrogens (primary N) is 1. The molecule has 0 heterocycles. The minimum absolute atomic E-state index is 0.0477. The number of nitriles is 3. The van der Waals surface area contributed by atoms with Gasteiger partial charge < -0.3 is 10.8 Å². The zero-order valence-electron chi connectivity index (χ0n) is 7.27. The van der Waals surface area contributed by atoms with Crippen LogP contribution in [-0.4, -0.2) is 17.5 Å². The lowest BCUT2D eigenvalue weighted by molar-refractivity contribution is 0.322. The number of allylic oxidation sites excluding steroid dienone is 1. The van der Waals surface area contributed by atoms with E-state index in [2.05, 4.69) is 0 Å². The Labute approximate surface area is 86.0 Å². The highest BCUT2D eigenvalue weighted by atomic mass is 32.2. The fraction of sp³-hybridized carbons (Fsp3) is 0.375. The standard InChI is InChI=1S/C8H8N4OS/c9-3-6(4-10)7(5-11)8(12)14-2-1-13/h6,13H,1-2,12H2/b8-7+. The number of thioether (sulfide) groups is 1. The molecular weight excluding hydrogens is 200 g/mol.